The molecule has 1 aliphatic rings. The van der Waals surface area contributed by atoms with Gasteiger partial charge in [-0.05, 0) is 36.9 Å². The fraction of sp³-hybridized carbons (Fsp3) is 0.667. The van der Waals surface area contributed by atoms with Crippen LogP contribution < -0.4 is 0 Å². The zero-order valence-corrected chi connectivity index (χ0v) is 10.9. The summed E-state index contributed by atoms with van der Waals surface area (Å²) in [4.78, 5) is 10.4. The van der Waals surface area contributed by atoms with Gasteiger partial charge in [0.1, 0.15) is 0 Å². The van der Waals surface area contributed by atoms with E-state index >= 15 is 0 Å². The van der Waals surface area contributed by atoms with Crippen LogP contribution >= 0.6 is 11.6 Å². The number of hydrogen-bond acceptors (Lipinski definition) is 4. The Morgan fingerprint density at radius 3 is 2.94 bits per heavy atom. The van der Waals surface area contributed by atoms with Crippen LogP contribution in [0.5, 0.6) is 0 Å². The quantitative estimate of drug-likeness (QED) is 0.772. The molecule has 1 unspecified atom stereocenters. The van der Waals surface area contributed by atoms with Crippen molar-refractivity contribution in [3.8, 4) is 0 Å². The first-order chi connectivity index (χ1) is 8.28. The van der Waals surface area contributed by atoms with Crippen molar-refractivity contribution in [2.24, 2.45) is 5.92 Å². The highest BCUT2D eigenvalue weighted by Gasteiger charge is 2.19. The molecule has 0 bridgehead atoms. The van der Waals surface area contributed by atoms with Crippen molar-refractivity contribution in [2.45, 2.75) is 19.4 Å². The number of hydrogen-bond donors (Lipinski definition) is 0. The van der Waals surface area contributed by atoms with E-state index < -0.39 is 0 Å². The second kappa shape index (κ2) is 6.28. The minimum absolute atomic E-state index is 0.310. The summed E-state index contributed by atoms with van der Waals surface area (Å²) in [6, 6.07) is 0. The maximum atomic E-state index is 5.67. The summed E-state index contributed by atoms with van der Waals surface area (Å²) >= 11 is 5.67. The molecule has 1 saturated heterocycles. The molecular formula is C12H18ClN3O. The van der Waals surface area contributed by atoms with Crippen LogP contribution in [0.4, 0.5) is 0 Å². The van der Waals surface area contributed by atoms with E-state index in [2.05, 4.69) is 14.9 Å². The van der Waals surface area contributed by atoms with Crippen molar-refractivity contribution in [1.82, 2.24) is 14.9 Å². The lowest BCUT2D eigenvalue weighted by atomic mass is 9.99. The Balaban J connectivity index is 1.87. The van der Waals surface area contributed by atoms with Crippen molar-refractivity contribution < 1.29 is 4.74 Å². The highest BCUT2D eigenvalue weighted by atomic mass is 35.5. The number of nitrogens with zero attached hydrogens (tertiary/aromatic N) is 3. The molecule has 1 atom stereocenters. The smallest absolute Gasteiger partial charge is 0.222 e. The maximum absolute atomic E-state index is 5.67. The zero-order valence-electron chi connectivity index (χ0n) is 10.1. The number of piperidine rings is 1. The summed E-state index contributed by atoms with van der Waals surface area (Å²) in [5, 5.41) is 0.310. The van der Waals surface area contributed by atoms with E-state index in [9.17, 15) is 0 Å². The lowest BCUT2D eigenvalue weighted by Gasteiger charge is -2.32. The number of aromatic nitrogens is 2. The summed E-state index contributed by atoms with van der Waals surface area (Å²) < 4.78 is 5.23. The first kappa shape index (κ1) is 12.7. The van der Waals surface area contributed by atoms with Gasteiger partial charge >= 0.3 is 0 Å². The molecule has 1 aromatic heterocycles. The molecule has 2 heterocycles. The van der Waals surface area contributed by atoms with Crippen LogP contribution in [0.25, 0.3) is 0 Å². The Kier molecular flexibility index (Phi) is 4.71. The van der Waals surface area contributed by atoms with E-state index in [1.807, 2.05) is 0 Å². The average molecular weight is 256 g/mol. The SMILES string of the molecule is COCC1CCCN(Cc2cnc(Cl)nc2)C1. The minimum atomic E-state index is 0.310. The molecule has 1 aromatic rings. The Labute approximate surface area is 107 Å². The summed E-state index contributed by atoms with van der Waals surface area (Å²) in [6.45, 7) is 3.99. The molecule has 0 aromatic carbocycles. The Hall–Kier alpha value is -0.710. The van der Waals surface area contributed by atoms with E-state index in [0.29, 0.717) is 11.2 Å². The van der Waals surface area contributed by atoms with Crippen LogP contribution in [0.2, 0.25) is 5.28 Å². The number of methoxy groups -OCH3 is 1. The molecule has 2 rings (SSSR count). The van der Waals surface area contributed by atoms with Gasteiger partial charge in [-0.15, -0.1) is 0 Å². The lowest BCUT2D eigenvalue weighted by molar-refractivity contribution is 0.0873. The fourth-order valence-electron chi connectivity index (χ4n) is 2.35. The number of likely N-dealkylation sites (tertiary alicyclic amines) is 1. The molecular weight excluding hydrogens is 238 g/mol. The van der Waals surface area contributed by atoms with Crippen molar-refractivity contribution in [1.29, 1.82) is 0 Å². The van der Waals surface area contributed by atoms with Crippen LogP contribution in [0, 0.1) is 5.92 Å². The predicted octanol–water partition coefficient (Wildman–Crippen LogP) is 1.99. The number of ether oxygens (including phenoxy) is 1. The average Bonchev–Trinajstić information content (AvgIpc) is 2.33. The van der Waals surface area contributed by atoms with Gasteiger partial charge in [-0.25, -0.2) is 9.97 Å². The Morgan fingerprint density at radius 2 is 2.24 bits per heavy atom. The monoisotopic (exact) mass is 255 g/mol. The van der Waals surface area contributed by atoms with E-state index in [1.54, 1.807) is 19.5 Å². The molecule has 4 nitrogen and oxygen atoms in total. The van der Waals surface area contributed by atoms with E-state index in [0.717, 1.165) is 31.8 Å². The number of rotatable bonds is 4. The van der Waals surface area contributed by atoms with Gasteiger partial charge in [0.25, 0.3) is 0 Å². The third-order valence-electron chi connectivity index (χ3n) is 3.09. The first-order valence-electron chi connectivity index (χ1n) is 5.95. The molecule has 0 saturated carbocycles. The Morgan fingerprint density at radius 1 is 1.47 bits per heavy atom. The topological polar surface area (TPSA) is 38.2 Å². The van der Waals surface area contributed by atoms with Gasteiger partial charge in [0, 0.05) is 38.2 Å². The van der Waals surface area contributed by atoms with E-state index in [4.69, 9.17) is 16.3 Å². The van der Waals surface area contributed by atoms with Crippen LogP contribution in [0.3, 0.4) is 0 Å². The van der Waals surface area contributed by atoms with Gasteiger partial charge < -0.3 is 4.74 Å². The van der Waals surface area contributed by atoms with Gasteiger partial charge in [0.2, 0.25) is 5.28 Å². The van der Waals surface area contributed by atoms with Crippen molar-refractivity contribution in [2.75, 3.05) is 26.8 Å². The summed E-state index contributed by atoms with van der Waals surface area (Å²) in [5.74, 6) is 0.655. The predicted molar refractivity (Wildman–Crippen MR) is 66.9 cm³/mol. The summed E-state index contributed by atoms with van der Waals surface area (Å²) in [7, 11) is 1.77. The molecule has 1 fully saturated rings. The molecule has 94 valence electrons. The number of halogens is 1. The van der Waals surface area contributed by atoms with Crippen molar-refractivity contribution in [3.63, 3.8) is 0 Å². The van der Waals surface area contributed by atoms with Gasteiger partial charge in [-0.1, -0.05) is 0 Å². The molecule has 0 N–H and O–H groups in total. The molecule has 0 aliphatic carbocycles. The van der Waals surface area contributed by atoms with Crippen molar-refractivity contribution in [3.05, 3.63) is 23.2 Å². The van der Waals surface area contributed by atoms with Gasteiger partial charge in [0.05, 0.1) is 6.61 Å². The van der Waals surface area contributed by atoms with Crippen LogP contribution in [0.1, 0.15) is 18.4 Å². The second-order valence-electron chi connectivity index (χ2n) is 4.56. The lowest BCUT2D eigenvalue weighted by Crippen LogP contribution is -2.36. The molecule has 0 spiro atoms. The zero-order chi connectivity index (χ0) is 12.1. The third-order valence-corrected chi connectivity index (χ3v) is 3.28. The van der Waals surface area contributed by atoms with Gasteiger partial charge in [-0.3, -0.25) is 4.90 Å². The minimum Gasteiger partial charge on any atom is -0.384 e. The van der Waals surface area contributed by atoms with Crippen LogP contribution in [0.15, 0.2) is 12.4 Å². The van der Waals surface area contributed by atoms with Crippen LogP contribution in [-0.2, 0) is 11.3 Å². The maximum Gasteiger partial charge on any atom is 0.222 e. The van der Waals surface area contributed by atoms with E-state index in [1.165, 1.54) is 12.8 Å². The summed E-state index contributed by atoms with van der Waals surface area (Å²) in [6.07, 6.45) is 6.11. The molecule has 0 amide bonds. The normalized spacial score (nSPS) is 21.6. The summed E-state index contributed by atoms with van der Waals surface area (Å²) in [5.41, 5.74) is 1.12. The molecule has 5 heteroatoms. The molecule has 1 aliphatic heterocycles. The van der Waals surface area contributed by atoms with Crippen molar-refractivity contribution >= 4 is 11.6 Å². The Bertz CT molecular complexity index is 342. The first-order valence-corrected chi connectivity index (χ1v) is 6.33. The largest absolute Gasteiger partial charge is 0.384 e. The van der Waals surface area contributed by atoms with Gasteiger partial charge in [0.15, 0.2) is 0 Å². The molecule has 0 radical (unpaired) electrons. The second-order valence-corrected chi connectivity index (χ2v) is 4.90. The van der Waals surface area contributed by atoms with E-state index in [-0.39, 0.29) is 0 Å². The highest BCUT2D eigenvalue weighted by Crippen LogP contribution is 2.18. The van der Waals surface area contributed by atoms with Crippen LogP contribution in [-0.4, -0.2) is 41.7 Å². The highest BCUT2D eigenvalue weighted by molar-refractivity contribution is 6.28. The third kappa shape index (κ3) is 3.91. The van der Waals surface area contributed by atoms with Gasteiger partial charge in [-0.2, -0.15) is 0 Å². The molecule has 17 heavy (non-hydrogen) atoms. The fourth-order valence-corrected chi connectivity index (χ4v) is 2.44. The standard InChI is InChI=1S/C12H18ClN3O/c1-17-9-10-3-2-4-16(7-10)8-11-5-14-12(13)15-6-11/h5-6,10H,2-4,7-9H2,1H3.